The highest BCUT2D eigenvalue weighted by Gasteiger charge is 2.28. The summed E-state index contributed by atoms with van der Waals surface area (Å²) >= 11 is 0. The highest BCUT2D eigenvalue weighted by Crippen LogP contribution is 2.54. The molecule has 0 saturated heterocycles. The first-order valence-electron chi connectivity index (χ1n) is 49.0. The van der Waals surface area contributed by atoms with Crippen LogP contribution in [0.2, 0.25) is 0 Å². The number of rotatable bonds is 16. The molecule has 28 aromatic rings. The highest BCUT2D eigenvalue weighted by atomic mass is 15.2. The molecule has 22 aromatic carbocycles. The van der Waals surface area contributed by atoms with Gasteiger partial charge in [-0.25, -0.2) is 0 Å². The molecule has 0 radical (unpaired) electrons. The molecule has 0 aliphatic heterocycles. The first kappa shape index (κ1) is 84.0. The van der Waals surface area contributed by atoms with Crippen LogP contribution in [0.3, 0.4) is 0 Å². The van der Waals surface area contributed by atoms with Crippen LogP contribution >= 0.6 is 0 Å². The Morgan fingerprint density at radius 2 is 0.424 bits per heavy atom. The summed E-state index contributed by atoms with van der Waals surface area (Å²) in [5.41, 5.74) is 32.1. The maximum Gasteiger partial charge on any atom is 0.0546 e. The van der Waals surface area contributed by atoms with Crippen molar-refractivity contribution in [3.05, 3.63) is 535 Å². The first-order valence-corrected chi connectivity index (χ1v) is 49.0. The Bertz CT molecular complexity index is 9690. The van der Waals surface area contributed by atoms with E-state index in [2.05, 4.69) is 524 Å². The van der Waals surface area contributed by atoms with Crippen LogP contribution < -0.4 is 9.80 Å². The van der Waals surface area contributed by atoms with E-state index in [1.807, 2.05) is 49.6 Å². The van der Waals surface area contributed by atoms with Crippen molar-refractivity contribution in [3.63, 3.8) is 0 Å². The van der Waals surface area contributed by atoms with Gasteiger partial charge in [0.1, 0.15) is 0 Å². The summed E-state index contributed by atoms with van der Waals surface area (Å²) in [6, 6.07) is 178. The van der Waals surface area contributed by atoms with E-state index in [0.717, 1.165) is 128 Å². The van der Waals surface area contributed by atoms with Gasteiger partial charge in [0.25, 0.3) is 0 Å². The predicted octanol–water partition coefficient (Wildman–Crippen LogP) is 36.6. The van der Waals surface area contributed by atoms with Crippen molar-refractivity contribution in [1.82, 2.24) is 29.1 Å². The second-order valence-electron chi connectivity index (χ2n) is 37.2. The minimum atomic E-state index is 1.06. The number of aromatic nitrogens is 6. The lowest BCUT2D eigenvalue weighted by molar-refractivity contribution is 1.17. The van der Waals surface area contributed by atoms with Crippen LogP contribution in [0.5, 0.6) is 0 Å². The summed E-state index contributed by atoms with van der Waals surface area (Å²) in [6.07, 6.45) is 15.2. The zero-order chi connectivity index (χ0) is 95.1. The minimum Gasteiger partial charge on any atom is -0.310 e. The van der Waals surface area contributed by atoms with Crippen LogP contribution in [0.15, 0.2) is 535 Å². The maximum absolute atomic E-state index is 4.46. The van der Waals surface area contributed by atoms with Crippen LogP contribution in [0.4, 0.5) is 34.1 Å². The second-order valence-corrected chi connectivity index (χ2v) is 37.2. The molecule has 0 unspecified atom stereocenters. The normalized spacial score (nSPS) is 11.6. The van der Waals surface area contributed by atoms with E-state index in [1.54, 1.807) is 0 Å². The Labute approximate surface area is 832 Å². The zero-order valence-electron chi connectivity index (χ0n) is 78.4. The fourth-order valence-electron chi connectivity index (χ4n) is 22.3. The summed E-state index contributed by atoms with van der Waals surface area (Å²) < 4.78 is 4.77. The van der Waals surface area contributed by atoms with Gasteiger partial charge in [-0.3, -0.25) is 19.9 Å². The molecular weight excluding hydrogens is 1750 g/mol. The van der Waals surface area contributed by atoms with Crippen LogP contribution in [0.25, 0.3) is 230 Å². The number of benzene rings is 22. The highest BCUT2D eigenvalue weighted by molar-refractivity contribution is 6.27. The van der Waals surface area contributed by atoms with Crippen LogP contribution in [-0.2, 0) is 0 Å². The van der Waals surface area contributed by atoms with Crippen molar-refractivity contribution >= 4 is 164 Å². The molecule has 8 nitrogen and oxygen atoms in total. The molecule has 28 rings (SSSR count). The van der Waals surface area contributed by atoms with Gasteiger partial charge in [-0.2, -0.15) is 0 Å². The minimum absolute atomic E-state index is 1.06. The van der Waals surface area contributed by atoms with Crippen molar-refractivity contribution in [1.29, 1.82) is 0 Å². The number of nitrogens with zero attached hydrogens (tertiary/aromatic N) is 8. The fraction of sp³-hybridized carbons (Fsp3) is 0. The molecule has 144 heavy (non-hydrogen) atoms. The number of hydrogen-bond acceptors (Lipinski definition) is 6. The third-order valence-corrected chi connectivity index (χ3v) is 29.0. The van der Waals surface area contributed by atoms with Gasteiger partial charge in [-0.05, 0) is 336 Å². The summed E-state index contributed by atoms with van der Waals surface area (Å²) in [7, 11) is 0. The van der Waals surface area contributed by atoms with E-state index in [1.165, 1.54) is 136 Å². The summed E-state index contributed by atoms with van der Waals surface area (Å²) in [5, 5.41) is 23.7. The number of hydrogen-bond donors (Lipinski definition) is 0. The summed E-state index contributed by atoms with van der Waals surface area (Å²) in [5.74, 6) is 0. The summed E-state index contributed by atoms with van der Waals surface area (Å²) in [4.78, 5) is 22.6. The predicted molar refractivity (Wildman–Crippen MR) is 606 cm³/mol. The number of anilines is 6. The standard InChI is InChI=1S/2C68H44N4/c1-2-17-55(18-3-1)71(56-31-33-57(34-32-56)72-63-24-8-6-19-58(63)59-20-7-9-25-64(59)72)65-26-12-23-62-66(51-15-10-13-47(39-51)49-29-27-45-35-37-69-43-53(45)41-49)60-21-4-5-22-61(60)67(68(62)65)52-16-11-14-48(40-52)50-30-28-46-36-38-70-44-54(46)42-50;1-2-16-55(17-3-1)71(56-28-30-57(31-29-56)72-65-22-8-6-18-59(65)60-19-7-9-23-66(60)72)58-32-33-63-64(42-58)68(52-15-11-13-48(39-52)50-27-25-46-35-37-70-44-54(46)41-50)62-21-5-4-20-61(62)67(63)51-14-10-12-47(38-51)49-26-24-45-34-36-69-43-53(45)40-49/h2*1-44H. The average molecular weight is 1830 g/mol. The van der Waals surface area contributed by atoms with Gasteiger partial charge in [0, 0.05) is 138 Å². The molecule has 0 aliphatic carbocycles. The Morgan fingerprint density at radius 3 is 0.806 bits per heavy atom. The van der Waals surface area contributed by atoms with Crippen molar-refractivity contribution in [2.45, 2.75) is 0 Å². The number of fused-ring (bicyclic) bond motifs is 14. The largest absolute Gasteiger partial charge is 0.310 e. The topological polar surface area (TPSA) is 67.9 Å². The molecule has 0 N–H and O–H groups in total. The van der Waals surface area contributed by atoms with E-state index in [9.17, 15) is 0 Å². The van der Waals surface area contributed by atoms with Crippen molar-refractivity contribution in [3.8, 4) is 100 Å². The van der Waals surface area contributed by atoms with Gasteiger partial charge in [-0.15, -0.1) is 0 Å². The van der Waals surface area contributed by atoms with Crippen LogP contribution in [0.1, 0.15) is 0 Å². The van der Waals surface area contributed by atoms with Crippen molar-refractivity contribution < 1.29 is 0 Å². The lowest BCUT2D eigenvalue weighted by Crippen LogP contribution is -2.11. The molecule has 6 heterocycles. The van der Waals surface area contributed by atoms with Gasteiger partial charge in [-0.1, -0.05) is 297 Å². The van der Waals surface area contributed by atoms with Gasteiger partial charge < -0.3 is 18.9 Å². The molecule has 0 fully saturated rings. The molecule has 0 aliphatic rings. The molecule has 672 valence electrons. The van der Waals surface area contributed by atoms with Crippen LogP contribution in [-0.4, -0.2) is 29.1 Å². The van der Waals surface area contributed by atoms with E-state index in [-0.39, 0.29) is 0 Å². The first-order chi connectivity index (χ1) is 71.4. The number of pyridine rings is 4. The van der Waals surface area contributed by atoms with E-state index in [4.69, 9.17) is 0 Å². The fourth-order valence-corrected chi connectivity index (χ4v) is 22.3. The Balaban J connectivity index is 0.000000143. The average Bonchev–Trinajstić information content (AvgIpc) is 1.06. The Morgan fingerprint density at radius 1 is 0.153 bits per heavy atom. The maximum atomic E-state index is 4.46. The third kappa shape index (κ3) is 14.9. The molecule has 0 saturated carbocycles. The van der Waals surface area contributed by atoms with Gasteiger partial charge in [0.05, 0.1) is 27.8 Å². The van der Waals surface area contributed by atoms with Gasteiger partial charge in [0.2, 0.25) is 0 Å². The molecule has 8 heteroatoms. The summed E-state index contributed by atoms with van der Waals surface area (Å²) in [6.45, 7) is 0. The van der Waals surface area contributed by atoms with E-state index >= 15 is 0 Å². The quantitative estimate of drug-likeness (QED) is 0.0898. The van der Waals surface area contributed by atoms with E-state index in [0.29, 0.717) is 0 Å². The molecule has 6 aromatic heterocycles. The zero-order valence-corrected chi connectivity index (χ0v) is 78.4. The molecule has 0 spiro atoms. The van der Waals surface area contributed by atoms with Crippen molar-refractivity contribution in [2.75, 3.05) is 9.80 Å². The molecular formula is C136H88N8. The van der Waals surface area contributed by atoms with E-state index < -0.39 is 0 Å². The van der Waals surface area contributed by atoms with Gasteiger partial charge in [0.15, 0.2) is 0 Å². The molecule has 0 bridgehead atoms. The van der Waals surface area contributed by atoms with Crippen molar-refractivity contribution in [2.24, 2.45) is 0 Å². The SMILES string of the molecule is c1ccc(N(c2ccc(-n3c4ccccc4c4ccccc43)cc2)c2ccc3c(-c4cccc(-c5ccc6ccncc6c5)c4)c4ccccc4c(-c4cccc(-c5ccc6ccncc6c5)c4)c3c2)cc1.c1ccc(N(c2ccc(-n3c4ccccc4c4ccccc43)cc2)c2cccc3c(-c4cccc(-c5ccc6ccncc6c5)c4)c4ccccc4c(-c4cccc(-c5ccc6ccncc6c5)c4)c23)cc1. The third-order valence-electron chi connectivity index (χ3n) is 29.0. The lowest BCUT2D eigenvalue weighted by atomic mass is 9.84. The van der Waals surface area contributed by atoms with Gasteiger partial charge >= 0.3 is 0 Å². The second kappa shape index (κ2) is 35.6. The number of para-hydroxylation sites is 6. The smallest absolute Gasteiger partial charge is 0.0546 e. The lowest BCUT2D eigenvalue weighted by Gasteiger charge is -2.29. The molecule has 0 atom stereocenters. The molecule has 0 amide bonds. The van der Waals surface area contributed by atoms with Crippen LogP contribution in [0, 0.1) is 0 Å². The monoisotopic (exact) mass is 1830 g/mol. The Hall–Kier alpha value is -19.3. The Kier molecular flexibility index (Phi) is 20.8.